The molecule has 1 aliphatic rings. The molecule has 2 aromatic rings. The van der Waals surface area contributed by atoms with E-state index in [2.05, 4.69) is 11.9 Å². The number of rotatable bonds is 3. The quantitative estimate of drug-likeness (QED) is 0.743. The van der Waals surface area contributed by atoms with Crippen molar-refractivity contribution in [2.24, 2.45) is 11.7 Å². The predicted molar refractivity (Wildman–Crippen MR) is 87.5 cm³/mol. The Morgan fingerprint density at radius 3 is 2.92 bits per heavy atom. The smallest absolute Gasteiger partial charge is 0.338 e. The Kier molecular flexibility index (Phi) is 4.24. The van der Waals surface area contributed by atoms with Crippen molar-refractivity contribution in [2.45, 2.75) is 26.2 Å². The van der Waals surface area contributed by atoms with E-state index in [9.17, 15) is 14.4 Å². The van der Waals surface area contributed by atoms with Gasteiger partial charge < -0.3 is 15.5 Å². The van der Waals surface area contributed by atoms with Crippen molar-refractivity contribution in [2.75, 3.05) is 6.61 Å². The molecule has 126 valence electrons. The molecule has 3 rings (SSSR count). The fourth-order valence-electron chi connectivity index (χ4n) is 3.11. The lowest BCUT2D eigenvalue weighted by molar-refractivity contribution is -0.123. The molecular formula is C17H19N3O4. The second kappa shape index (κ2) is 6.35. The highest BCUT2D eigenvalue weighted by Crippen LogP contribution is 2.32. The molecule has 1 unspecified atom stereocenters. The van der Waals surface area contributed by atoms with Gasteiger partial charge in [0.15, 0.2) is 6.61 Å². The summed E-state index contributed by atoms with van der Waals surface area (Å²) in [6.07, 6.45) is 3.15. The average molecular weight is 329 g/mol. The van der Waals surface area contributed by atoms with Crippen molar-refractivity contribution in [3.05, 3.63) is 35.0 Å². The first-order valence-corrected chi connectivity index (χ1v) is 7.84. The van der Waals surface area contributed by atoms with E-state index in [0.29, 0.717) is 11.5 Å². The van der Waals surface area contributed by atoms with Crippen LogP contribution in [-0.4, -0.2) is 29.5 Å². The van der Waals surface area contributed by atoms with Crippen LogP contribution in [0.1, 0.15) is 35.0 Å². The van der Waals surface area contributed by atoms with E-state index in [0.717, 1.165) is 30.2 Å². The summed E-state index contributed by atoms with van der Waals surface area (Å²) in [5, 5.41) is 2.86. The summed E-state index contributed by atoms with van der Waals surface area (Å²) >= 11 is 0. The van der Waals surface area contributed by atoms with E-state index in [1.807, 2.05) is 11.4 Å². The number of carbonyl (C=O) groups is 3. The van der Waals surface area contributed by atoms with E-state index < -0.39 is 24.5 Å². The Morgan fingerprint density at radius 2 is 2.17 bits per heavy atom. The molecule has 0 radical (unpaired) electrons. The van der Waals surface area contributed by atoms with Crippen molar-refractivity contribution in [3.8, 4) is 0 Å². The first kappa shape index (κ1) is 16.0. The fraction of sp³-hybridized carbons (Fsp3) is 0.353. The van der Waals surface area contributed by atoms with Crippen LogP contribution in [0.4, 0.5) is 4.79 Å². The van der Waals surface area contributed by atoms with E-state index in [1.165, 1.54) is 11.3 Å². The number of ether oxygens (including phenoxy) is 1. The van der Waals surface area contributed by atoms with Crippen LogP contribution in [-0.2, 0) is 22.4 Å². The van der Waals surface area contributed by atoms with Gasteiger partial charge >= 0.3 is 12.0 Å². The van der Waals surface area contributed by atoms with Crippen molar-refractivity contribution in [3.63, 3.8) is 0 Å². The summed E-state index contributed by atoms with van der Waals surface area (Å²) in [6, 6.07) is 4.31. The molecule has 1 atom stereocenters. The normalized spacial score (nSPS) is 16.5. The maximum atomic E-state index is 12.1. The molecule has 3 amide bonds. The number of benzene rings is 1. The molecule has 7 heteroatoms. The second-order valence-corrected chi connectivity index (χ2v) is 6.18. The van der Waals surface area contributed by atoms with Crippen molar-refractivity contribution in [1.82, 2.24) is 10.3 Å². The summed E-state index contributed by atoms with van der Waals surface area (Å²) in [5.41, 5.74) is 8.68. The summed E-state index contributed by atoms with van der Waals surface area (Å²) in [6.45, 7) is 1.67. The van der Waals surface area contributed by atoms with Crippen LogP contribution >= 0.6 is 0 Å². The zero-order chi connectivity index (χ0) is 17.3. The van der Waals surface area contributed by atoms with Gasteiger partial charge in [0.05, 0.1) is 5.56 Å². The minimum atomic E-state index is -0.981. The number of hydrogen-bond acceptors (Lipinski definition) is 4. The largest absolute Gasteiger partial charge is 0.452 e. The Labute approximate surface area is 138 Å². The zero-order valence-electron chi connectivity index (χ0n) is 13.3. The van der Waals surface area contributed by atoms with Gasteiger partial charge in [0.25, 0.3) is 5.91 Å². The molecule has 0 saturated heterocycles. The van der Waals surface area contributed by atoms with Gasteiger partial charge in [-0.25, -0.2) is 9.59 Å². The molecule has 0 saturated carbocycles. The lowest BCUT2D eigenvalue weighted by Gasteiger charge is -2.18. The molecule has 1 aliphatic carbocycles. The van der Waals surface area contributed by atoms with E-state index in [-0.39, 0.29) is 0 Å². The Bertz CT molecular complexity index is 825. The van der Waals surface area contributed by atoms with Crippen LogP contribution in [0.25, 0.3) is 10.9 Å². The highest BCUT2D eigenvalue weighted by Gasteiger charge is 2.21. The molecule has 4 N–H and O–H groups in total. The van der Waals surface area contributed by atoms with E-state index >= 15 is 0 Å². The highest BCUT2D eigenvalue weighted by atomic mass is 16.5. The molecule has 1 aromatic carbocycles. The molecule has 0 aliphatic heterocycles. The summed E-state index contributed by atoms with van der Waals surface area (Å²) in [5.74, 6) is -0.760. The van der Waals surface area contributed by atoms with Crippen molar-refractivity contribution >= 4 is 28.8 Å². The number of fused-ring (bicyclic) bond motifs is 3. The lowest BCUT2D eigenvalue weighted by Crippen LogP contribution is -2.37. The number of hydrogen-bond donors (Lipinski definition) is 3. The monoisotopic (exact) mass is 329 g/mol. The van der Waals surface area contributed by atoms with Gasteiger partial charge in [-0.1, -0.05) is 6.92 Å². The van der Waals surface area contributed by atoms with Gasteiger partial charge in [0, 0.05) is 16.6 Å². The molecule has 0 bridgehead atoms. The first-order valence-electron chi connectivity index (χ1n) is 7.84. The standard InChI is InChI=1S/C17H19N3O4/c1-9-2-4-13-11(6-9)12-7-10(3-5-14(12)19-13)16(22)24-8-15(21)20-17(18)23/h3,5,7,9,19H,2,4,6,8H2,1H3,(H3,18,20,21,23). The number of aromatic amines is 1. The highest BCUT2D eigenvalue weighted by molar-refractivity contribution is 5.98. The number of primary amides is 1. The topological polar surface area (TPSA) is 114 Å². The van der Waals surface area contributed by atoms with Gasteiger partial charge in [-0.15, -0.1) is 0 Å². The van der Waals surface area contributed by atoms with Crippen LogP contribution in [0.5, 0.6) is 0 Å². The number of urea groups is 1. The Balaban J connectivity index is 1.77. The SMILES string of the molecule is CC1CCc2[nH]c3ccc(C(=O)OCC(=O)NC(N)=O)cc3c2C1. The van der Waals surface area contributed by atoms with Gasteiger partial charge in [-0.3, -0.25) is 10.1 Å². The third kappa shape index (κ3) is 3.24. The van der Waals surface area contributed by atoms with Crippen LogP contribution in [0, 0.1) is 5.92 Å². The number of aryl methyl sites for hydroxylation is 1. The minimum absolute atomic E-state index is 0.370. The average Bonchev–Trinajstić information content (AvgIpc) is 2.89. The number of nitrogens with two attached hydrogens (primary N) is 1. The van der Waals surface area contributed by atoms with Gasteiger partial charge in [-0.05, 0) is 48.9 Å². The van der Waals surface area contributed by atoms with E-state index in [1.54, 1.807) is 12.1 Å². The third-order valence-electron chi connectivity index (χ3n) is 4.27. The molecule has 1 heterocycles. The van der Waals surface area contributed by atoms with Crippen molar-refractivity contribution in [1.29, 1.82) is 0 Å². The van der Waals surface area contributed by atoms with E-state index in [4.69, 9.17) is 10.5 Å². The van der Waals surface area contributed by atoms with Gasteiger partial charge in [0.2, 0.25) is 0 Å². The fourth-order valence-corrected chi connectivity index (χ4v) is 3.11. The van der Waals surface area contributed by atoms with Crippen LogP contribution in [0.15, 0.2) is 18.2 Å². The maximum absolute atomic E-state index is 12.1. The summed E-state index contributed by atoms with van der Waals surface area (Å²) in [7, 11) is 0. The number of H-pyrrole nitrogens is 1. The number of nitrogens with one attached hydrogen (secondary N) is 2. The maximum Gasteiger partial charge on any atom is 0.338 e. The molecular weight excluding hydrogens is 310 g/mol. The van der Waals surface area contributed by atoms with Gasteiger partial charge in [-0.2, -0.15) is 0 Å². The number of aromatic nitrogens is 1. The Hall–Kier alpha value is -2.83. The van der Waals surface area contributed by atoms with Gasteiger partial charge in [0.1, 0.15) is 0 Å². The second-order valence-electron chi connectivity index (χ2n) is 6.18. The molecule has 24 heavy (non-hydrogen) atoms. The summed E-state index contributed by atoms with van der Waals surface area (Å²) in [4.78, 5) is 37.4. The minimum Gasteiger partial charge on any atom is -0.452 e. The third-order valence-corrected chi connectivity index (χ3v) is 4.27. The van der Waals surface area contributed by atoms with Crippen molar-refractivity contribution < 1.29 is 19.1 Å². The van der Waals surface area contributed by atoms with Crippen LogP contribution in [0.3, 0.4) is 0 Å². The molecule has 0 spiro atoms. The number of carbonyl (C=O) groups excluding carboxylic acids is 3. The van der Waals surface area contributed by atoms with Crippen LogP contribution in [0.2, 0.25) is 0 Å². The Morgan fingerprint density at radius 1 is 1.38 bits per heavy atom. The lowest BCUT2D eigenvalue weighted by atomic mass is 9.87. The summed E-state index contributed by atoms with van der Waals surface area (Å²) < 4.78 is 4.91. The predicted octanol–water partition coefficient (Wildman–Crippen LogP) is 1.64. The van der Waals surface area contributed by atoms with Crippen LogP contribution < -0.4 is 11.1 Å². The number of imide groups is 1. The zero-order valence-corrected chi connectivity index (χ0v) is 13.3. The number of amides is 3. The first-order chi connectivity index (χ1) is 11.4. The number of esters is 1. The molecule has 1 aromatic heterocycles. The molecule has 7 nitrogen and oxygen atoms in total. The molecule has 0 fully saturated rings.